The van der Waals surface area contributed by atoms with Gasteiger partial charge in [0.15, 0.2) is 0 Å². The number of hydrogen-bond donors (Lipinski definition) is 3. The topological polar surface area (TPSA) is 50.1 Å². The molecule has 0 aromatic heterocycles. The predicted octanol–water partition coefficient (Wildman–Crippen LogP) is 3.35. The Morgan fingerprint density at radius 2 is 1.42 bits per heavy atom. The third-order valence-corrected chi connectivity index (χ3v) is 4.68. The highest BCUT2D eigenvalue weighted by Gasteiger charge is 2.27. The molecule has 3 heteroatoms. The van der Waals surface area contributed by atoms with Crippen LogP contribution in [0.25, 0.3) is 0 Å². The molecule has 0 bridgehead atoms. The minimum Gasteiger partial charge on any atom is -0.308 e. The SMILES string of the molecule is CC(CNN)NC1(C)CCCCC(C)(C)CCCC1. The summed E-state index contributed by atoms with van der Waals surface area (Å²) < 4.78 is 0. The highest BCUT2D eigenvalue weighted by Crippen LogP contribution is 2.34. The van der Waals surface area contributed by atoms with Crippen molar-refractivity contribution in [2.24, 2.45) is 11.3 Å². The Morgan fingerprint density at radius 3 is 1.89 bits per heavy atom. The van der Waals surface area contributed by atoms with Crippen molar-refractivity contribution >= 4 is 0 Å². The van der Waals surface area contributed by atoms with E-state index in [0.717, 1.165) is 6.54 Å². The summed E-state index contributed by atoms with van der Waals surface area (Å²) in [6, 6.07) is 0.439. The van der Waals surface area contributed by atoms with Gasteiger partial charge in [0.2, 0.25) is 0 Å². The van der Waals surface area contributed by atoms with Crippen LogP contribution in [0.2, 0.25) is 0 Å². The minimum absolute atomic E-state index is 0.289. The van der Waals surface area contributed by atoms with Gasteiger partial charge in [-0.25, -0.2) is 0 Å². The molecular weight excluding hydrogens is 234 g/mol. The molecule has 1 aliphatic rings. The van der Waals surface area contributed by atoms with Crippen LogP contribution in [0.4, 0.5) is 0 Å². The molecule has 19 heavy (non-hydrogen) atoms. The molecule has 0 heterocycles. The first-order valence-electron chi connectivity index (χ1n) is 8.08. The lowest BCUT2D eigenvalue weighted by Crippen LogP contribution is -2.51. The molecule has 0 aromatic carbocycles. The van der Waals surface area contributed by atoms with E-state index in [-0.39, 0.29) is 5.54 Å². The molecule has 1 aliphatic carbocycles. The third-order valence-electron chi connectivity index (χ3n) is 4.68. The molecule has 0 spiro atoms. The molecular formula is C16H35N3. The summed E-state index contributed by atoms with van der Waals surface area (Å²) in [7, 11) is 0. The van der Waals surface area contributed by atoms with E-state index in [1.807, 2.05) is 0 Å². The Bertz CT molecular complexity index is 236. The van der Waals surface area contributed by atoms with Crippen LogP contribution in [0.3, 0.4) is 0 Å². The third kappa shape index (κ3) is 6.73. The molecule has 0 amide bonds. The number of hydrazine groups is 1. The van der Waals surface area contributed by atoms with Crippen LogP contribution in [0.5, 0.6) is 0 Å². The predicted molar refractivity (Wildman–Crippen MR) is 83.9 cm³/mol. The van der Waals surface area contributed by atoms with E-state index >= 15 is 0 Å². The van der Waals surface area contributed by atoms with Crippen molar-refractivity contribution in [3.8, 4) is 0 Å². The van der Waals surface area contributed by atoms with E-state index in [9.17, 15) is 0 Å². The lowest BCUT2D eigenvalue weighted by Gasteiger charge is -2.36. The molecule has 1 unspecified atom stereocenters. The van der Waals surface area contributed by atoms with Crippen LogP contribution < -0.4 is 16.6 Å². The molecule has 0 aliphatic heterocycles. The first kappa shape index (κ1) is 16.9. The van der Waals surface area contributed by atoms with E-state index < -0.39 is 0 Å². The van der Waals surface area contributed by atoms with Gasteiger partial charge >= 0.3 is 0 Å². The largest absolute Gasteiger partial charge is 0.308 e. The molecule has 1 rings (SSSR count). The van der Waals surface area contributed by atoms with Crippen molar-refractivity contribution in [1.82, 2.24) is 10.7 Å². The first-order valence-corrected chi connectivity index (χ1v) is 8.08. The first-order chi connectivity index (χ1) is 8.87. The number of nitrogens with two attached hydrogens (primary N) is 1. The van der Waals surface area contributed by atoms with E-state index in [1.54, 1.807) is 0 Å². The Kier molecular flexibility index (Phi) is 6.78. The van der Waals surface area contributed by atoms with Crippen LogP contribution in [0, 0.1) is 5.41 Å². The summed E-state index contributed by atoms with van der Waals surface area (Å²) in [5.74, 6) is 5.42. The van der Waals surface area contributed by atoms with Crippen molar-refractivity contribution in [2.45, 2.75) is 90.6 Å². The molecule has 0 radical (unpaired) electrons. The van der Waals surface area contributed by atoms with Crippen molar-refractivity contribution < 1.29 is 0 Å². The molecule has 114 valence electrons. The van der Waals surface area contributed by atoms with Gasteiger partial charge in [-0.2, -0.15) is 0 Å². The molecule has 1 atom stereocenters. The molecule has 3 nitrogen and oxygen atoms in total. The molecule has 0 aromatic rings. The second-order valence-corrected chi connectivity index (χ2v) is 7.59. The van der Waals surface area contributed by atoms with Gasteiger partial charge in [0.25, 0.3) is 0 Å². The zero-order valence-electron chi connectivity index (χ0n) is 13.5. The van der Waals surface area contributed by atoms with Gasteiger partial charge < -0.3 is 5.32 Å². The van der Waals surface area contributed by atoms with Crippen LogP contribution in [0.15, 0.2) is 0 Å². The summed E-state index contributed by atoms with van der Waals surface area (Å²) in [4.78, 5) is 0. The maximum atomic E-state index is 5.42. The molecule has 1 fully saturated rings. The lowest BCUT2D eigenvalue weighted by molar-refractivity contribution is 0.218. The van der Waals surface area contributed by atoms with E-state index in [0.29, 0.717) is 11.5 Å². The van der Waals surface area contributed by atoms with Gasteiger partial charge in [-0.15, -0.1) is 0 Å². The fraction of sp³-hybridized carbons (Fsp3) is 1.00. The van der Waals surface area contributed by atoms with Crippen molar-refractivity contribution in [3.05, 3.63) is 0 Å². The molecule has 1 saturated carbocycles. The van der Waals surface area contributed by atoms with Gasteiger partial charge in [0, 0.05) is 18.1 Å². The second-order valence-electron chi connectivity index (χ2n) is 7.59. The maximum absolute atomic E-state index is 5.42. The Labute approximate surface area is 120 Å². The van der Waals surface area contributed by atoms with E-state index in [2.05, 4.69) is 38.4 Å². The van der Waals surface area contributed by atoms with E-state index in [4.69, 9.17) is 5.84 Å². The monoisotopic (exact) mass is 269 g/mol. The fourth-order valence-electron chi connectivity index (χ4n) is 3.45. The highest BCUT2D eigenvalue weighted by molar-refractivity contribution is 4.87. The quantitative estimate of drug-likeness (QED) is 0.542. The Morgan fingerprint density at radius 1 is 0.947 bits per heavy atom. The summed E-state index contributed by atoms with van der Waals surface area (Å²) in [5.41, 5.74) is 3.62. The zero-order valence-corrected chi connectivity index (χ0v) is 13.5. The standard InChI is InChI=1S/C16H35N3/c1-14(13-18-17)19-16(4)11-7-5-9-15(2,3)10-6-8-12-16/h14,18-19H,5-13,17H2,1-4H3. The van der Waals surface area contributed by atoms with Crippen LogP contribution in [-0.4, -0.2) is 18.1 Å². The average Bonchev–Trinajstić information content (AvgIpc) is 2.30. The summed E-state index contributed by atoms with van der Waals surface area (Å²) in [6.07, 6.45) is 10.8. The smallest absolute Gasteiger partial charge is 0.0249 e. The Hall–Kier alpha value is -0.120. The van der Waals surface area contributed by atoms with Gasteiger partial charge in [0.05, 0.1) is 0 Å². The summed E-state index contributed by atoms with van der Waals surface area (Å²) in [5, 5.41) is 3.79. The minimum atomic E-state index is 0.289. The van der Waals surface area contributed by atoms with Crippen molar-refractivity contribution in [2.75, 3.05) is 6.54 Å². The normalized spacial score (nSPS) is 25.7. The lowest BCUT2D eigenvalue weighted by atomic mass is 9.78. The fourth-order valence-corrected chi connectivity index (χ4v) is 3.45. The number of hydrogen-bond acceptors (Lipinski definition) is 3. The van der Waals surface area contributed by atoms with Crippen LogP contribution in [0.1, 0.15) is 79.1 Å². The molecule has 4 N–H and O–H groups in total. The zero-order chi connectivity index (χ0) is 14.4. The van der Waals surface area contributed by atoms with Crippen molar-refractivity contribution in [1.29, 1.82) is 0 Å². The Balaban J connectivity index is 2.50. The van der Waals surface area contributed by atoms with Gasteiger partial charge in [-0.05, 0) is 44.9 Å². The maximum Gasteiger partial charge on any atom is 0.0249 e. The average molecular weight is 269 g/mol. The van der Waals surface area contributed by atoms with Crippen LogP contribution >= 0.6 is 0 Å². The summed E-state index contributed by atoms with van der Waals surface area (Å²) >= 11 is 0. The number of nitrogens with one attached hydrogen (secondary N) is 2. The van der Waals surface area contributed by atoms with Gasteiger partial charge in [-0.3, -0.25) is 11.3 Å². The molecule has 0 saturated heterocycles. The van der Waals surface area contributed by atoms with Gasteiger partial charge in [0.1, 0.15) is 0 Å². The number of rotatable bonds is 4. The highest BCUT2D eigenvalue weighted by atomic mass is 15.2. The second kappa shape index (κ2) is 7.61. The van der Waals surface area contributed by atoms with Crippen molar-refractivity contribution in [3.63, 3.8) is 0 Å². The van der Waals surface area contributed by atoms with E-state index in [1.165, 1.54) is 51.4 Å². The summed E-state index contributed by atoms with van der Waals surface area (Å²) in [6.45, 7) is 10.3. The van der Waals surface area contributed by atoms with Crippen LogP contribution in [-0.2, 0) is 0 Å². The van der Waals surface area contributed by atoms with Gasteiger partial charge in [-0.1, -0.05) is 39.5 Å².